The van der Waals surface area contributed by atoms with Crippen LogP contribution < -0.4 is 0 Å². The highest BCUT2D eigenvalue weighted by Gasteiger charge is 1.92. The molecule has 78 valence electrons. The predicted octanol–water partition coefficient (Wildman–Crippen LogP) is 2.21. The van der Waals surface area contributed by atoms with Gasteiger partial charge in [0.05, 0.1) is 6.61 Å². The first-order valence-corrected chi connectivity index (χ1v) is 4.62. The summed E-state index contributed by atoms with van der Waals surface area (Å²) >= 11 is 0. The summed E-state index contributed by atoms with van der Waals surface area (Å²) in [5, 5.41) is 16.3. The maximum Gasteiger partial charge on any atom is 0.0681 e. The fourth-order valence-corrected chi connectivity index (χ4v) is 0.895. The third kappa shape index (κ3) is 4.80. The van der Waals surface area contributed by atoms with Gasteiger partial charge in [0.15, 0.2) is 0 Å². The summed E-state index contributed by atoms with van der Waals surface area (Å²) in [6.45, 7) is 7.82. The van der Waals surface area contributed by atoms with Crippen LogP contribution in [0, 0.1) is 0 Å². The van der Waals surface area contributed by atoms with E-state index in [1.807, 2.05) is 31.2 Å². The lowest BCUT2D eigenvalue weighted by Crippen LogP contribution is -1.83. The van der Waals surface area contributed by atoms with E-state index in [4.69, 9.17) is 10.2 Å². The van der Waals surface area contributed by atoms with Crippen molar-refractivity contribution in [1.29, 1.82) is 0 Å². The van der Waals surface area contributed by atoms with Crippen molar-refractivity contribution in [3.63, 3.8) is 0 Å². The normalized spacial score (nSPS) is 8.86. The highest BCUT2D eigenvalue weighted by atomic mass is 16.3. The maximum atomic E-state index is 8.74. The fraction of sp³-hybridized carbons (Fsp3) is 0.333. The molecule has 0 heterocycles. The standard InChI is InChI=1S/C10H12O.C2H6O/c1-8(2)10-5-3-9(7-11)4-6-10;1-2-3/h3-6,11H,1,7H2,2H3;3H,2H2,1H3. The van der Waals surface area contributed by atoms with Crippen LogP contribution in [0.2, 0.25) is 0 Å². The van der Waals surface area contributed by atoms with Crippen molar-refractivity contribution >= 4 is 5.57 Å². The van der Waals surface area contributed by atoms with Crippen LogP contribution in [0.4, 0.5) is 0 Å². The molecule has 0 bridgehead atoms. The van der Waals surface area contributed by atoms with Gasteiger partial charge in [-0.3, -0.25) is 0 Å². The first-order valence-electron chi connectivity index (χ1n) is 4.62. The van der Waals surface area contributed by atoms with Crippen LogP contribution in [0.1, 0.15) is 25.0 Å². The lowest BCUT2D eigenvalue weighted by molar-refractivity contribution is 0.282. The lowest BCUT2D eigenvalue weighted by Gasteiger charge is -1.99. The van der Waals surface area contributed by atoms with Crippen LogP contribution in [0.15, 0.2) is 30.8 Å². The molecule has 1 aromatic carbocycles. The maximum absolute atomic E-state index is 8.74. The predicted molar refractivity (Wildman–Crippen MR) is 59.8 cm³/mol. The molecule has 0 spiro atoms. The third-order valence-corrected chi connectivity index (χ3v) is 1.63. The number of rotatable bonds is 2. The number of aliphatic hydroxyl groups excluding tert-OH is 2. The minimum atomic E-state index is 0.108. The Morgan fingerprint density at radius 2 is 1.64 bits per heavy atom. The van der Waals surface area contributed by atoms with Crippen molar-refractivity contribution in [2.45, 2.75) is 20.5 Å². The zero-order valence-corrected chi connectivity index (χ0v) is 8.83. The number of benzene rings is 1. The Kier molecular flexibility index (Phi) is 6.72. The van der Waals surface area contributed by atoms with Crippen LogP contribution in [0.25, 0.3) is 5.57 Å². The Balaban J connectivity index is 0.000000500. The average Bonchev–Trinajstić information content (AvgIpc) is 2.19. The van der Waals surface area contributed by atoms with Crippen LogP contribution in [-0.2, 0) is 6.61 Å². The molecule has 0 aliphatic rings. The summed E-state index contributed by atoms with van der Waals surface area (Å²) in [5.74, 6) is 0. The van der Waals surface area contributed by atoms with Crippen molar-refractivity contribution in [2.75, 3.05) is 6.61 Å². The number of hydrogen-bond acceptors (Lipinski definition) is 2. The third-order valence-electron chi connectivity index (χ3n) is 1.63. The molecule has 0 unspecified atom stereocenters. The topological polar surface area (TPSA) is 40.5 Å². The van der Waals surface area contributed by atoms with Gasteiger partial charge in [-0.1, -0.05) is 36.4 Å². The molecule has 2 N–H and O–H groups in total. The van der Waals surface area contributed by atoms with Gasteiger partial charge in [0, 0.05) is 6.61 Å². The molecule has 1 aromatic rings. The highest BCUT2D eigenvalue weighted by molar-refractivity contribution is 5.61. The zero-order valence-electron chi connectivity index (χ0n) is 8.83. The van der Waals surface area contributed by atoms with Gasteiger partial charge in [-0.15, -0.1) is 0 Å². The summed E-state index contributed by atoms with van der Waals surface area (Å²) < 4.78 is 0. The number of hydrogen-bond donors (Lipinski definition) is 2. The van der Waals surface area contributed by atoms with Gasteiger partial charge < -0.3 is 10.2 Å². The van der Waals surface area contributed by atoms with E-state index in [1.54, 1.807) is 6.92 Å². The Morgan fingerprint density at radius 3 is 1.93 bits per heavy atom. The Morgan fingerprint density at radius 1 is 1.21 bits per heavy atom. The molecular formula is C12H18O2. The van der Waals surface area contributed by atoms with E-state index >= 15 is 0 Å². The largest absolute Gasteiger partial charge is 0.397 e. The van der Waals surface area contributed by atoms with E-state index in [0.29, 0.717) is 0 Å². The van der Waals surface area contributed by atoms with E-state index in [0.717, 1.165) is 16.7 Å². The fourth-order valence-electron chi connectivity index (χ4n) is 0.895. The Labute approximate surface area is 85.5 Å². The van der Waals surface area contributed by atoms with Gasteiger partial charge in [0.2, 0.25) is 0 Å². The number of aliphatic hydroxyl groups is 2. The SMILES string of the molecule is C=C(C)c1ccc(CO)cc1.CCO. The van der Waals surface area contributed by atoms with E-state index in [9.17, 15) is 0 Å². The van der Waals surface area contributed by atoms with Crippen molar-refractivity contribution in [1.82, 2.24) is 0 Å². The molecule has 0 aliphatic carbocycles. The Hall–Kier alpha value is -1.12. The zero-order chi connectivity index (χ0) is 11.0. The van der Waals surface area contributed by atoms with Crippen LogP contribution >= 0.6 is 0 Å². The van der Waals surface area contributed by atoms with Crippen LogP contribution in [-0.4, -0.2) is 16.8 Å². The summed E-state index contributed by atoms with van der Waals surface area (Å²) in [6.07, 6.45) is 0. The molecule has 1 rings (SSSR count). The summed E-state index contributed by atoms with van der Waals surface area (Å²) in [4.78, 5) is 0. The molecule has 2 nitrogen and oxygen atoms in total. The van der Waals surface area contributed by atoms with E-state index in [1.165, 1.54) is 0 Å². The molecule has 0 atom stereocenters. The molecule has 0 saturated carbocycles. The molecule has 14 heavy (non-hydrogen) atoms. The van der Waals surface area contributed by atoms with Crippen molar-refractivity contribution in [2.24, 2.45) is 0 Å². The quantitative estimate of drug-likeness (QED) is 0.757. The average molecular weight is 194 g/mol. The molecule has 0 amide bonds. The minimum absolute atomic E-state index is 0.108. The van der Waals surface area contributed by atoms with Crippen LogP contribution in [0.5, 0.6) is 0 Å². The van der Waals surface area contributed by atoms with Crippen molar-refractivity contribution < 1.29 is 10.2 Å². The monoisotopic (exact) mass is 194 g/mol. The summed E-state index contributed by atoms with van der Waals surface area (Å²) in [6, 6.07) is 7.75. The highest BCUT2D eigenvalue weighted by Crippen LogP contribution is 2.11. The van der Waals surface area contributed by atoms with Gasteiger partial charge in [-0.05, 0) is 25.0 Å². The molecule has 0 aromatic heterocycles. The molecular weight excluding hydrogens is 176 g/mol. The van der Waals surface area contributed by atoms with Crippen molar-refractivity contribution in [3.05, 3.63) is 42.0 Å². The second-order valence-electron chi connectivity index (χ2n) is 2.95. The van der Waals surface area contributed by atoms with E-state index in [-0.39, 0.29) is 13.2 Å². The van der Waals surface area contributed by atoms with Crippen LogP contribution in [0.3, 0.4) is 0 Å². The molecule has 0 saturated heterocycles. The van der Waals surface area contributed by atoms with Gasteiger partial charge in [0.1, 0.15) is 0 Å². The lowest BCUT2D eigenvalue weighted by atomic mass is 10.1. The number of allylic oxidation sites excluding steroid dienone is 1. The van der Waals surface area contributed by atoms with E-state index < -0.39 is 0 Å². The second kappa shape index (κ2) is 7.30. The van der Waals surface area contributed by atoms with Gasteiger partial charge in [-0.25, -0.2) is 0 Å². The second-order valence-corrected chi connectivity index (χ2v) is 2.95. The first kappa shape index (κ1) is 12.9. The minimum Gasteiger partial charge on any atom is -0.397 e. The smallest absolute Gasteiger partial charge is 0.0681 e. The van der Waals surface area contributed by atoms with Gasteiger partial charge in [0.25, 0.3) is 0 Å². The summed E-state index contributed by atoms with van der Waals surface area (Å²) in [5.41, 5.74) is 3.12. The molecule has 2 heteroatoms. The van der Waals surface area contributed by atoms with Gasteiger partial charge in [-0.2, -0.15) is 0 Å². The molecule has 0 radical (unpaired) electrons. The Bertz CT molecular complexity index is 262. The molecule has 0 fully saturated rings. The summed E-state index contributed by atoms with van der Waals surface area (Å²) in [7, 11) is 0. The van der Waals surface area contributed by atoms with E-state index in [2.05, 4.69) is 6.58 Å². The van der Waals surface area contributed by atoms with Crippen molar-refractivity contribution in [3.8, 4) is 0 Å². The molecule has 0 aliphatic heterocycles. The van der Waals surface area contributed by atoms with Gasteiger partial charge >= 0.3 is 0 Å². The first-order chi connectivity index (χ1) is 6.65.